The van der Waals surface area contributed by atoms with E-state index in [2.05, 4.69) is 9.39 Å². The van der Waals surface area contributed by atoms with Crippen LogP contribution in [-0.2, 0) is 4.79 Å². The Hall–Kier alpha value is -2.58. The van der Waals surface area contributed by atoms with Crippen LogP contribution in [0.2, 0.25) is 0 Å². The summed E-state index contributed by atoms with van der Waals surface area (Å²) < 4.78 is 6.24. The van der Waals surface area contributed by atoms with Gasteiger partial charge in [0, 0.05) is 17.6 Å². The molecule has 1 N–H and O–H groups in total. The molecule has 0 aliphatic carbocycles. The normalized spacial score (nSPS) is 18.2. The van der Waals surface area contributed by atoms with Crippen LogP contribution in [0.1, 0.15) is 11.3 Å². The number of nitrogens with zero attached hydrogens (tertiary/aromatic N) is 4. The van der Waals surface area contributed by atoms with Gasteiger partial charge >= 0.3 is 0 Å². The second kappa shape index (κ2) is 6.62. The van der Waals surface area contributed by atoms with Gasteiger partial charge in [0.15, 0.2) is 5.17 Å². The molecule has 2 aliphatic rings. The van der Waals surface area contributed by atoms with E-state index in [1.807, 2.05) is 60.3 Å². The third kappa shape index (κ3) is 2.81. The van der Waals surface area contributed by atoms with Crippen molar-refractivity contribution in [2.45, 2.75) is 6.92 Å². The molecule has 1 aromatic heterocycles. The molecule has 26 heavy (non-hydrogen) atoms. The Morgan fingerprint density at radius 3 is 2.73 bits per heavy atom. The zero-order valence-electron chi connectivity index (χ0n) is 14.1. The number of thioether (sulfide) groups is 1. The molecule has 0 saturated heterocycles. The number of rotatable bonds is 2. The Bertz CT molecular complexity index is 1000. The predicted octanol–water partition coefficient (Wildman–Crippen LogP) is 3.73. The first-order valence-electron chi connectivity index (χ1n) is 7.85. The predicted molar refractivity (Wildman–Crippen MR) is 109 cm³/mol. The van der Waals surface area contributed by atoms with Gasteiger partial charge in [-0.05, 0) is 43.5 Å². The summed E-state index contributed by atoms with van der Waals surface area (Å²) in [5.74, 6) is -0.308. The van der Waals surface area contributed by atoms with E-state index in [4.69, 9.17) is 5.41 Å². The lowest BCUT2D eigenvalue weighted by Crippen LogP contribution is -2.41. The first-order valence-corrected chi connectivity index (χ1v) is 9.85. The number of benzene rings is 1. The number of carbonyl (C=O) groups is 1. The summed E-state index contributed by atoms with van der Waals surface area (Å²) in [7, 11) is 0. The van der Waals surface area contributed by atoms with Crippen LogP contribution in [0.25, 0.3) is 11.8 Å². The molecular formula is C18H15N5OS2. The van der Waals surface area contributed by atoms with Crippen LogP contribution in [0, 0.1) is 12.3 Å². The quantitative estimate of drug-likeness (QED) is 0.635. The number of aromatic nitrogens is 1. The van der Waals surface area contributed by atoms with Gasteiger partial charge in [0.2, 0.25) is 5.17 Å². The first-order chi connectivity index (χ1) is 12.6. The Morgan fingerprint density at radius 2 is 2.00 bits per heavy atom. The molecule has 0 radical (unpaired) electrons. The second-order valence-corrected chi connectivity index (χ2v) is 7.25. The fraction of sp³-hybridized carbons (Fsp3) is 0.111. The van der Waals surface area contributed by atoms with E-state index in [0.29, 0.717) is 10.3 Å². The Balaban J connectivity index is 1.75. The van der Waals surface area contributed by atoms with E-state index in [1.54, 1.807) is 11.0 Å². The van der Waals surface area contributed by atoms with Crippen molar-refractivity contribution in [3.05, 3.63) is 59.4 Å². The molecule has 0 bridgehead atoms. The van der Waals surface area contributed by atoms with E-state index in [0.717, 1.165) is 23.3 Å². The van der Waals surface area contributed by atoms with E-state index in [1.165, 1.54) is 17.3 Å². The maximum Gasteiger partial charge on any atom is 0.283 e. The lowest BCUT2D eigenvalue weighted by atomic mass is 10.1. The molecule has 8 heteroatoms. The van der Waals surface area contributed by atoms with Crippen molar-refractivity contribution in [3.8, 4) is 5.69 Å². The number of aryl methyl sites for hydroxylation is 1. The lowest BCUT2D eigenvalue weighted by molar-refractivity contribution is -0.114. The van der Waals surface area contributed by atoms with Crippen LogP contribution in [-0.4, -0.2) is 37.8 Å². The number of hydrogen-bond acceptors (Lipinski definition) is 5. The summed E-state index contributed by atoms with van der Waals surface area (Å²) in [5, 5.41) is 9.58. The smallest absolute Gasteiger partial charge is 0.283 e. The molecule has 2 aliphatic heterocycles. The molecule has 6 nitrogen and oxygen atoms in total. The fourth-order valence-electron chi connectivity index (χ4n) is 2.73. The molecule has 0 atom stereocenters. The van der Waals surface area contributed by atoms with Crippen LogP contribution in [0.4, 0.5) is 0 Å². The summed E-state index contributed by atoms with van der Waals surface area (Å²) in [6.07, 6.45) is 5.53. The highest BCUT2D eigenvalue weighted by Crippen LogP contribution is 2.31. The van der Waals surface area contributed by atoms with E-state index < -0.39 is 5.91 Å². The Morgan fingerprint density at radius 1 is 1.23 bits per heavy atom. The highest BCUT2D eigenvalue weighted by molar-refractivity contribution is 8.18. The average Bonchev–Trinajstić information content (AvgIpc) is 3.26. The third-order valence-electron chi connectivity index (χ3n) is 4.06. The number of hydrogen-bond donors (Lipinski definition) is 1. The van der Waals surface area contributed by atoms with Crippen LogP contribution >= 0.6 is 23.7 Å². The number of aliphatic imine (C=N–C) groups is 1. The molecule has 0 fully saturated rings. The largest absolute Gasteiger partial charge is 0.317 e. The Labute approximate surface area is 159 Å². The van der Waals surface area contributed by atoms with Crippen molar-refractivity contribution in [2.24, 2.45) is 9.39 Å². The molecule has 3 heterocycles. The number of nitrogens with one attached hydrogen (secondary N) is 1. The minimum absolute atomic E-state index is 0.106. The summed E-state index contributed by atoms with van der Waals surface area (Å²) in [4.78, 5) is 18.2. The van der Waals surface area contributed by atoms with E-state index >= 15 is 0 Å². The SMILES string of the molecule is CSC1=NSC2=NC(=O)/C(=C\c3cccn3-c3ccc(C)cc3)C(=N)N12. The van der Waals surface area contributed by atoms with Crippen LogP contribution in [0.3, 0.4) is 0 Å². The molecule has 0 spiro atoms. The van der Waals surface area contributed by atoms with Crippen molar-refractivity contribution in [1.29, 1.82) is 5.41 Å². The van der Waals surface area contributed by atoms with Crippen molar-refractivity contribution in [3.63, 3.8) is 0 Å². The number of fused-ring (bicyclic) bond motifs is 1. The number of carbonyl (C=O) groups excluding carboxylic acids is 1. The first kappa shape index (κ1) is 16.9. The van der Waals surface area contributed by atoms with Crippen LogP contribution in [0.5, 0.6) is 0 Å². The zero-order valence-corrected chi connectivity index (χ0v) is 15.8. The Kier molecular flexibility index (Phi) is 4.29. The van der Waals surface area contributed by atoms with Gasteiger partial charge in [-0.15, -0.1) is 0 Å². The highest BCUT2D eigenvalue weighted by atomic mass is 32.2. The van der Waals surface area contributed by atoms with Crippen molar-refractivity contribution >= 4 is 51.9 Å². The van der Waals surface area contributed by atoms with Crippen molar-refractivity contribution in [1.82, 2.24) is 9.47 Å². The van der Waals surface area contributed by atoms with Crippen molar-refractivity contribution < 1.29 is 4.79 Å². The van der Waals surface area contributed by atoms with Gasteiger partial charge in [-0.1, -0.05) is 29.5 Å². The average molecular weight is 381 g/mol. The zero-order chi connectivity index (χ0) is 18.3. The van der Waals surface area contributed by atoms with Gasteiger partial charge in [-0.25, -0.2) is 4.90 Å². The molecule has 1 aromatic carbocycles. The molecule has 1 amide bonds. The summed E-state index contributed by atoms with van der Waals surface area (Å²) >= 11 is 2.55. The highest BCUT2D eigenvalue weighted by Gasteiger charge is 2.37. The molecular weight excluding hydrogens is 366 g/mol. The van der Waals surface area contributed by atoms with E-state index in [-0.39, 0.29) is 11.4 Å². The topological polar surface area (TPSA) is 73.8 Å². The molecule has 0 saturated carbocycles. The minimum atomic E-state index is -0.414. The summed E-state index contributed by atoms with van der Waals surface area (Å²) in [5.41, 5.74) is 3.25. The van der Waals surface area contributed by atoms with Gasteiger partial charge in [0.25, 0.3) is 5.91 Å². The number of amides is 1. The standard InChI is InChI=1S/C18H15N5OS2/c1-11-5-7-12(8-6-11)22-9-3-4-13(22)10-14-15(19)23-17(20-16(14)24)26-21-18(23)25-2/h3-10,19H,1-2H3/b14-10-,19-15?. The van der Waals surface area contributed by atoms with Crippen LogP contribution in [0.15, 0.2) is 57.6 Å². The second-order valence-electron chi connectivity index (χ2n) is 5.75. The van der Waals surface area contributed by atoms with Crippen molar-refractivity contribution in [2.75, 3.05) is 6.26 Å². The minimum Gasteiger partial charge on any atom is -0.317 e. The van der Waals surface area contributed by atoms with Gasteiger partial charge in [0.1, 0.15) is 5.84 Å². The molecule has 4 rings (SSSR count). The van der Waals surface area contributed by atoms with Gasteiger partial charge in [-0.3, -0.25) is 10.2 Å². The monoisotopic (exact) mass is 381 g/mol. The van der Waals surface area contributed by atoms with E-state index in [9.17, 15) is 4.79 Å². The lowest BCUT2D eigenvalue weighted by Gasteiger charge is -2.23. The van der Waals surface area contributed by atoms with Gasteiger partial charge < -0.3 is 4.57 Å². The third-order valence-corrected chi connectivity index (χ3v) is 5.52. The maximum absolute atomic E-state index is 12.5. The maximum atomic E-state index is 12.5. The van der Waals surface area contributed by atoms with Gasteiger partial charge in [0.05, 0.1) is 17.5 Å². The fourth-order valence-corrected chi connectivity index (χ4v) is 4.19. The molecule has 0 unspecified atom stereocenters. The number of amidine groups is 3. The van der Waals surface area contributed by atoms with Crippen LogP contribution < -0.4 is 0 Å². The summed E-state index contributed by atoms with van der Waals surface area (Å²) in [6.45, 7) is 2.04. The molecule has 2 aromatic rings. The molecule has 130 valence electrons. The van der Waals surface area contributed by atoms with Gasteiger partial charge in [-0.2, -0.15) is 9.39 Å². The summed E-state index contributed by atoms with van der Waals surface area (Å²) in [6, 6.07) is 12.0.